The van der Waals surface area contributed by atoms with Crippen LogP contribution in [-0.4, -0.2) is 43.8 Å². The molecule has 1 spiro atoms. The van der Waals surface area contributed by atoms with Crippen molar-refractivity contribution in [2.24, 2.45) is 5.41 Å². The highest BCUT2D eigenvalue weighted by Crippen LogP contribution is 2.41. The Kier molecular flexibility index (Phi) is 4.39. The van der Waals surface area contributed by atoms with Crippen molar-refractivity contribution in [3.05, 3.63) is 33.4 Å². The molecule has 2 heterocycles. The Labute approximate surface area is 142 Å². The quantitative estimate of drug-likeness (QED) is 0.662. The first kappa shape index (κ1) is 17.3. The van der Waals surface area contributed by atoms with E-state index in [-0.39, 0.29) is 16.0 Å². The van der Waals surface area contributed by atoms with Crippen LogP contribution in [-0.2, 0) is 10.0 Å². The fourth-order valence-electron chi connectivity index (χ4n) is 3.73. The molecule has 0 atom stereocenters. The zero-order valence-corrected chi connectivity index (χ0v) is 14.9. The SMILES string of the molecule is Cc1cc([N+](=O)[O-])c(S(=O)(=O)N2CCC3(CCNCC3)C2)cc1C. The molecular formula is C16H23N3O4S. The zero-order valence-electron chi connectivity index (χ0n) is 14.0. The van der Waals surface area contributed by atoms with Crippen LogP contribution in [0, 0.1) is 29.4 Å². The van der Waals surface area contributed by atoms with Crippen molar-refractivity contribution in [1.29, 1.82) is 0 Å². The lowest BCUT2D eigenvalue weighted by Gasteiger charge is -2.33. The topological polar surface area (TPSA) is 92.5 Å². The molecule has 0 radical (unpaired) electrons. The summed E-state index contributed by atoms with van der Waals surface area (Å²) in [5.41, 5.74) is 1.16. The number of sulfonamides is 1. The van der Waals surface area contributed by atoms with E-state index in [0.29, 0.717) is 13.1 Å². The van der Waals surface area contributed by atoms with E-state index in [9.17, 15) is 18.5 Å². The van der Waals surface area contributed by atoms with E-state index < -0.39 is 14.9 Å². The summed E-state index contributed by atoms with van der Waals surface area (Å²) in [4.78, 5) is 10.6. The lowest BCUT2D eigenvalue weighted by molar-refractivity contribution is -0.387. The number of nitro groups is 1. The molecule has 7 nitrogen and oxygen atoms in total. The minimum atomic E-state index is -3.86. The average molecular weight is 353 g/mol. The first-order valence-corrected chi connectivity index (χ1v) is 9.66. The number of hydrogen-bond donors (Lipinski definition) is 1. The van der Waals surface area contributed by atoms with Crippen LogP contribution in [0.25, 0.3) is 0 Å². The summed E-state index contributed by atoms with van der Waals surface area (Å²) in [7, 11) is -3.86. The Hall–Kier alpha value is -1.51. The molecule has 0 aliphatic carbocycles. The maximum atomic E-state index is 13.1. The third-order valence-corrected chi connectivity index (χ3v) is 7.33. The minimum absolute atomic E-state index is 0.0207. The van der Waals surface area contributed by atoms with Gasteiger partial charge in [0.1, 0.15) is 0 Å². The Morgan fingerprint density at radius 3 is 2.42 bits per heavy atom. The highest BCUT2D eigenvalue weighted by Gasteiger charge is 2.44. The van der Waals surface area contributed by atoms with Crippen LogP contribution in [0.2, 0.25) is 0 Å². The Balaban J connectivity index is 1.97. The normalized spacial score (nSPS) is 21.2. The second kappa shape index (κ2) is 6.09. The standard InChI is InChI=1S/C16H23N3O4S/c1-12-9-14(19(20)21)15(10-13(12)2)24(22,23)18-8-5-16(11-18)3-6-17-7-4-16/h9-10,17H,3-8,11H2,1-2H3. The van der Waals surface area contributed by atoms with Crippen molar-refractivity contribution >= 4 is 15.7 Å². The van der Waals surface area contributed by atoms with E-state index in [0.717, 1.165) is 43.5 Å². The zero-order chi connectivity index (χ0) is 17.5. The number of hydrogen-bond acceptors (Lipinski definition) is 5. The smallest absolute Gasteiger partial charge is 0.289 e. The summed E-state index contributed by atoms with van der Waals surface area (Å²) in [6.07, 6.45) is 2.73. The summed E-state index contributed by atoms with van der Waals surface area (Å²) in [6.45, 7) is 6.22. The first-order chi connectivity index (χ1) is 11.3. The molecule has 3 rings (SSSR count). The molecule has 8 heteroatoms. The molecule has 1 aromatic carbocycles. The molecule has 24 heavy (non-hydrogen) atoms. The molecule has 1 aromatic rings. The van der Waals surface area contributed by atoms with Gasteiger partial charge in [-0.25, -0.2) is 8.42 Å². The largest absolute Gasteiger partial charge is 0.317 e. The number of benzene rings is 1. The van der Waals surface area contributed by atoms with Gasteiger partial charge in [0.15, 0.2) is 4.90 Å². The highest BCUT2D eigenvalue weighted by atomic mass is 32.2. The van der Waals surface area contributed by atoms with Crippen LogP contribution < -0.4 is 5.32 Å². The van der Waals surface area contributed by atoms with Crippen molar-refractivity contribution in [1.82, 2.24) is 9.62 Å². The van der Waals surface area contributed by atoms with E-state index in [2.05, 4.69) is 5.32 Å². The predicted octanol–water partition coefficient (Wildman–Crippen LogP) is 1.98. The van der Waals surface area contributed by atoms with E-state index in [1.807, 2.05) is 0 Å². The summed E-state index contributed by atoms with van der Waals surface area (Å²) in [6, 6.07) is 2.80. The Morgan fingerprint density at radius 2 is 1.79 bits per heavy atom. The van der Waals surface area contributed by atoms with Gasteiger partial charge in [-0.05, 0) is 68.8 Å². The molecule has 2 fully saturated rings. The lowest BCUT2D eigenvalue weighted by Crippen LogP contribution is -2.39. The molecule has 0 saturated carbocycles. The number of piperidine rings is 1. The van der Waals surface area contributed by atoms with Gasteiger partial charge >= 0.3 is 0 Å². The Morgan fingerprint density at radius 1 is 1.17 bits per heavy atom. The van der Waals surface area contributed by atoms with Gasteiger partial charge in [-0.2, -0.15) is 4.31 Å². The summed E-state index contributed by atoms with van der Waals surface area (Å²) in [5.74, 6) is 0. The molecule has 0 amide bonds. The van der Waals surface area contributed by atoms with Crippen molar-refractivity contribution < 1.29 is 13.3 Å². The van der Waals surface area contributed by atoms with Crippen molar-refractivity contribution in [3.63, 3.8) is 0 Å². The number of nitro benzene ring substituents is 1. The van der Waals surface area contributed by atoms with Crippen LogP contribution in [0.15, 0.2) is 17.0 Å². The summed E-state index contributed by atoms with van der Waals surface area (Å²) >= 11 is 0. The summed E-state index contributed by atoms with van der Waals surface area (Å²) in [5, 5.41) is 14.7. The minimum Gasteiger partial charge on any atom is -0.317 e. The molecule has 0 bridgehead atoms. The maximum absolute atomic E-state index is 13.1. The predicted molar refractivity (Wildman–Crippen MR) is 90.5 cm³/mol. The second-order valence-corrected chi connectivity index (χ2v) is 8.91. The molecule has 2 saturated heterocycles. The van der Waals surface area contributed by atoms with Gasteiger partial charge in [-0.3, -0.25) is 10.1 Å². The maximum Gasteiger partial charge on any atom is 0.289 e. The number of nitrogens with one attached hydrogen (secondary N) is 1. The monoisotopic (exact) mass is 353 g/mol. The van der Waals surface area contributed by atoms with Crippen LogP contribution >= 0.6 is 0 Å². The van der Waals surface area contributed by atoms with Crippen LogP contribution in [0.1, 0.15) is 30.4 Å². The fourth-order valence-corrected chi connectivity index (χ4v) is 5.50. The highest BCUT2D eigenvalue weighted by molar-refractivity contribution is 7.89. The van der Waals surface area contributed by atoms with E-state index in [4.69, 9.17) is 0 Å². The van der Waals surface area contributed by atoms with Crippen molar-refractivity contribution in [3.8, 4) is 0 Å². The van der Waals surface area contributed by atoms with Gasteiger partial charge in [-0.1, -0.05) is 0 Å². The number of rotatable bonds is 3. The van der Waals surface area contributed by atoms with Crippen LogP contribution in [0.3, 0.4) is 0 Å². The molecule has 0 aromatic heterocycles. The fraction of sp³-hybridized carbons (Fsp3) is 0.625. The molecule has 2 aliphatic heterocycles. The average Bonchev–Trinajstić information content (AvgIpc) is 2.94. The second-order valence-electron chi connectivity index (χ2n) is 7.00. The third kappa shape index (κ3) is 2.94. The van der Waals surface area contributed by atoms with E-state index >= 15 is 0 Å². The van der Waals surface area contributed by atoms with Crippen molar-refractivity contribution in [2.75, 3.05) is 26.2 Å². The summed E-state index contributed by atoms with van der Waals surface area (Å²) < 4.78 is 27.6. The molecule has 132 valence electrons. The van der Waals surface area contributed by atoms with Gasteiger partial charge in [0.25, 0.3) is 5.69 Å². The van der Waals surface area contributed by atoms with Crippen molar-refractivity contribution in [2.45, 2.75) is 38.0 Å². The van der Waals surface area contributed by atoms with Gasteiger partial charge in [0, 0.05) is 19.2 Å². The Bertz CT molecular complexity index is 770. The molecular weight excluding hydrogens is 330 g/mol. The molecule has 0 unspecified atom stereocenters. The number of nitrogens with zero attached hydrogens (tertiary/aromatic N) is 2. The van der Waals surface area contributed by atoms with Crippen LogP contribution in [0.5, 0.6) is 0 Å². The van der Waals surface area contributed by atoms with Crippen LogP contribution in [0.4, 0.5) is 5.69 Å². The lowest BCUT2D eigenvalue weighted by atomic mass is 9.78. The van der Waals surface area contributed by atoms with Gasteiger partial charge < -0.3 is 5.32 Å². The third-order valence-electron chi connectivity index (χ3n) is 5.46. The molecule has 1 N–H and O–H groups in total. The van der Waals surface area contributed by atoms with Gasteiger partial charge in [0.05, 0.1) is 4.92 Å². The van der Waals surface area contributed by atoms with Gasteiger partial charge in [0.2, 0.25) is 10.0 Å². The number of aryl methyl sites for hydroxylation is 2. The first-order valence-electron chi connectivity index (χ1n) is 8.22. The van der Waals surface area contributed by atoms with E-state index in [1.54, 1.807) is 13.8 Å². The van der Waals surface area contributed by atoms with E-state index in [1.165, 1.54) is 16.4 Å². The molecule has 2 aliphatic rings. The van der Waals surface area contributed by atoms with Gasteiger partial charge in [-0.15, -0.1) is 0 Å².